The van der Waals surface area contributed by atoms with Crippen molar-refractivity contribution in [3.8, 4) is 11.3 Å². The minimum Gasteiger partial charge on any atom is -0.364 e. The fourth-order valence-corrected chi connectivity index (χ4v) is 2.84. The van der Waals surface area contributed by atoms with E-state index in [0.717, 1.165) is 23.5 Å². The van der Waals surface area contributed by atoms with E-state index in [4.69, 9.17) is 0 Å². The number of hydrogen-bond acceptors (Lipinski definition) is 2. The maximum absolute atomic E-state index is 13.6. The van der Waals surface area contributed by atoms with Crippen LogP contribution in [0.4, 0.5) is 10.2 Å². The van der Waals surface area contributed by atoms with E-state index in [-0.39, 0.29) is 5.82 Å². The van der Waals surface area contributed by atoms with E-state index in [1.807, 2.05) is 18.2 Å². The summed E-state index contributed by atoms with van der Waals surface area (Å²) in [5.74, 6) is 0.616. The van der Waals surface area contributed by atoms with Gasteiger partial charge in [0.25, 0.3) is 0 Å². The Morgan fingerprint density at radius 1 is 1.10 bits per heavy atom. The second kappa shape index (κ2) is 4.74. The molecule has 21 heavy (non-hydrogen) atoms. The van der Waals surface area contributed by atoms with E-state index in [0.29, 0.717) is 12.1 Å². The number of H-pyrrole nitrogens is 1. The molecule has 1 aliphatic rings. The fraction of sp³-hybridized carbons (Fsp3) is 0.118. The first-order chi connectivity index (χ1) is 10.3. The van der Waals surface area contributed by atoms with Crippen molar-refractivity contribution in [2.45, 2.75) is 13.0 Å². The van der Waals surface area contributed by atoms with E-state index in [2.05, 4.69) is 27.6 Å². The number of hydrogen-bond donors (Lipinski definition) is 2. The van der Waals surface area contributed by atoms with Crippen molar-refractivity contribution < 1.29 is 4.39 Å². The number of rotatable bonds is 3. The van der Waals surface area contributed by atoms with Gasteiger partial charge < -0.3 is 5.32 Å². The molecule has 0 radical (unpaired) electrons. The molecule has 0 spiro atoms. The van der Waals surface area contributed by atoms with Gasteiger partial charge >= 0.3 is 0 Å². The number of benzene rings is 2. The van der Waals surface area contributed by atoms with E-state index in [9.17, 15) is 4.39 Å². The minimum absolute atomic E-state index is 0.194. The van der Waals surface area contributed by atoms with Crippen LogP contribution in [0.1, 0.15) is 16.7 Å². The van der Waals surface area contributed by atoms with Crippen molar-refractivity contribution >= 4 is 5.82 Å². The van der Waals surface area contributed by atoms with Crippen molar-refractivity contribution in [3.63, 3.8) is 0 Å². The third-order valence-electron chi connectivity index (χ3n) is 3.93. The molecule has 2 N–H and O–H groups in total. The zero-order valence-electron chi connectivity index (χ0n) is 11.4. The van der Waals surface area contributed by atoms with Gasteiger partial charge in [-0.15, -0.1) is 0 Å². The fourth-order valence-electron chi connectivity index (χ4n) is 2.84. The Bertz CT molecular complexity index is 807. The van der Waals surface area contributed by atoms with Crippen LogP contribution >= 0.6 is 0 Å². The molecule has 1 heterocycles. The lowest BCUT2D eigenvalue weighted by atomic mass is 10.1. The molecule has 4 rings (SSSR count). The number of nitrogens with one attached hydrogen (secondary N) is 2. The summed E-state index contributed by atoms with van der Waals surface area (Å²) in [6.45, 7) is 0.431. The highest BCUT2D eigenvalue weighted by Crippen LogP contribution is 2.38. The number of nitrogens with zero attached hydrogens (tertiary/aromatic N) is 1. The number of aromatic amines is 1. The molecule has 1 aromatic heterocycles. The van der Waals surface area contributed by atoms with Crippen LogP contribution in [0.3, 0.4) is 0 Å². The smallest absolute Gasteiger partial charge is 0.152 e. The Hall–Kier alpha value is -2.62. The standard InChI is InChI=1S/C17H14FN3/c18-15-8-4-2-6-12(15)10-19-17-14-9-11-5-1-3-7-13(11)16(14)20-21-17/h1-8H,9-10H2,(H2,19,20,21). The van der Waals surface area contributed by atoms with E-state index >= 15 is 0 Å². The Kier molecular flexibility index (Phi) is 2.74. The molecule has 0 unspecified atom stereocenters. The molecule has 0 saturated heterocycles. The maximum atomic E-state index is 13.6. The van der Waals surface area contributed by atoms with Gasteiger partial charge in [0.15, 0.2) is 5.82 Å². The van der Waals surface area contributed by atoms with Crippen LogP contribution in [0.5, 0.6) is 0 Å². The summed E-state index contributed by atoms with van der Waals surface area (Å²) >= 11 is 0. The number of aromatic nitrogens is 2. The molecule has 104 valence electrons. The molecule has 0 amide bonds. The second-order valence-electron chi connectivity index (χ2n) is 5.20. The highest BCUT2D eigenvalue weighted by atomic mass is 19.1. The van der Waals surface area contributed by atoms with Gasteiger partial charge in [0.05, 0.1) is 5.69 Å². The summed E-state index contributed by atoms with van der Waals surface area (Å²) in [4.78, 5) is 0. The number of fused-ring (bicyclic) bond motifs is 3. The van der Waals surface area contributed by atoms with Crippen molar-refractivity contribution in [2.24, 2.45) is 0 Å². The summed E-state index contributed by atoms with van der Waals surface area (Å²) in [5, 5.41) is 10.6. The topological polar surface area (TPSA) is 40.7 Å². The Morgan fingerprint density at radius 3 is 2.81 bits per heavy atom. The maximum Gasteiger partial charge on any atom is 0.152 e. The van der Waals surface area contributed by atoms with Gasteiger partial charge in [0.2, 0.25) is 0 Å². The van der Waals surface area contributed by atoms with Gasteiger partial charge in [-0.25, -0.2) is 4.39 Å². The van der Waals surface area contributed by atoms with Crippen LogP contribution in [0.15, 0.2) is 48.5 Å². The predicted molar refractivity (Wildman–Crippen MR) is 80.6 cm³/mol. The monoisotopic (exact) mass is 279 g/mol. The first-order valence-electron chi connectivity index (χ1n) is 6.96. The molecular weight excluding hydrogens is 265 g/mol. The molecule has 2 aromatic carbocycles. The van der Waals surface area contributed by atoms with Gasteiger partial charge in [-0.05, 0) is 11.6 Å². The molecule has 3 nitrogen and oxygen atoms in total. The third kappa shape index (κ3) is 2.00. The lowest BCUT2D eigenvalue weighted by molar-refractivity contribution is 0.613. The van der Waals surface area contributed by atoms with Gasteiger partial charge in [0, 0.05) is 29.7 Å². The van der Waals surface area contributed by atoms with E-state index in [1.54, 1.807) is 12.1 Å². The SMILES string of the molecule is Fc1ccccc1CNc1n[nH]c2c1Cc1ccccc1-2. The zero-order valence-corrected chi connectivity index (χ0v) is 11.4. The van der Waals surface area contributed by atoms with Crippen LogP contribution in [0.25, 0.3) is 11.3 Å². The van der Waals surface area contributed by atoms with Crippen LogP contribution in [-0.4, -0.2) is 10.2 Å². The quantitative estimate of drug-likeness (QED) is 0.600. The van der Waals surface area contributed by atoms with Gasteiger partial charge in [0.1, 0.15) is 5.82 Å². The number of anilines is 1. The van der Waals surface area contributed by atoms with Crippen molar-refractivity contribution in [2.75, 3.05) is 5.32 Å². The van der Waals surface area contributed by atoms with E-state index in [1.165, 1.54) is 17.2 Å². The summed E-state index contributed by atoms with van der Waals surface area (Å²) in [5.41, 5.74) is 5.38. The highest BCUT2D eigenvalue weighted by Gasteiger charge is 2.23. The average molecular weight is 279 g/mol. The average Bonchev–Trinajstić information content (AvgIpc) is 3.06. The van der Waals surface area contributed by atoms with Crippen LogP contribution < -0.4 is 5.32 Å². The molecule has 4 heteroatoms. The lowest BCUT2D eigenvalue weighted by Gasteiger charge is -2.06. The van der Waals surface area contributed by atoms with Crippen molar-refractivity contribution in [3.05, 3.63) is 71.0 Å². The molecule has 1 aliphatic carbocycles. The van der Waals surface area contributed by atoms with Crippen LogP contribution in [0.2, 0.25) is 0 Å². The van der Waals surface area contributed by atoms with Crippen LogP contribution in [0, 0.1) is 5.82 Å². The molecule has 0 saturated carbocycles. The molecule has 3 aromatic rings. The Morgan fingerprint density at radius 2 is 1.90 bits per heavy atom. The lowest BCUT2D eigenvalue weighted by Crippen LogP contribution is -2.03. The molecule has 0 aliphatic heterocycles. The molecule has 0 bridgehead atoms. The number of halogens is 1. The van der Waals surface area contributed by atoms with Gasteiger partial charge in [-0.2, -0.15) is 5.10 Å². The second-order valence-corrected chi connectivity index (χ2v) is 5.20. The summed E-state index contributed by atoms with van der Waals surface area (Å²) in [6, 6.07) is 15.1. The Labute approximate surface area is 121 Å². The first kappa shape index (κ1) is 12.1. The molecular formula is C17H14FN3. The normalized spacial score (nSPS) is 12.0. The van der Waals surface area contributed by atoms with Gasteiger partial charge in [-0.1, -0.05) is 42.5 Å². The largest absolute Gasteiger partial charge is 0.364 e. The van der Waals surface area contributed by atoms with Crippen molar-refractivity contribution in [1.82, 2.24) is 10.2 Å². The zero-order chi connectivity index (χ0) is 14.2. The summed E-state index contributed by atoms with van der Waals surface area (Å²) in [6.07, 6.45) is 0.863. The summed E-state index contributed by atoms with van der Waals surface area (Å²) in [7, 11) is 0. The van der Waals surface area contributed by atoms with Gasteiger partial charge in [-0.3, -0.25) is 5.10 Å². The Balaban J connectivity index is 1.59. The minimum atomic E-state index is -0.194. The summed E-state index contributed by atoms with van der Waals surface area (Å²) < 4.78 is 13.6. The third-order valence-corrected chi connectivity index (χ3v) is 3.93. The predicted octanol–water partition coefficient (Wildman–Crippen LogP) is 3.73. The molecule has 0 fully saturated rings. The van der Waals surface area contributed by atoms with Crippen molar-refractivity contribution in [1.29, 1.82) is 0 Å². The molecule has 0 atom stereocenters. The van der Waals surface area contributed by atoms with E-state index < -0.39 is 0 Å². The highest BCUT2D eigenvalue weighted by molar-refractivity contribution is 5.77. The first-order valence-corrected chi connectivity index (χ1v) is 6.96. The van der Waals surface area contributed by atoms with Crippen LogP contribution in [-0.2, 0) is 13.0 Å².